The summed E-state index contributed by atoms with van der Waals surface area (Å²) in [5, 5.41) is 0. The second-order valence-corrected chi connectivity index (χ2v) is 5.73. The molecule has 84 valence electrons. The van der Waals surface area contributed by atoms with Crippen molar-refractivity contribution in [2.75, 3.05) is 0 Å². The van der Waals surface area contributed by atoms with Crippen molar-refractivity contribution < 1.29 is 0 Å². The van der Waals surface area contributed by atoms with Gasteiger partial charge in [-0.15, -0.1) is 0 Å². The van der Waals surface area contributed by atoms with E-state index >= 15 is 0 Å². The van der Waals surface area contributed by atoms with Crippen molar-refractivity contribution in [2.45, 2.75) is 61.3 Å². The van der Waals surface area contributed by atoms with Gasteiger partial charge in [0.15, 0.2) is 0 Å². The van der Waals surface area contributed by atoms with Gasteiger partial charge in [-0.25, -0.2) is 0 Å². The molecule has 1 unspecified atom stereocenters. The molecule has 0 nitrogen and oxygen atoms in total. The second kappa shape index (κ2) is 5.58. The van der Waals surface area contributed by atoms with Crippen LogP contribution in [0.3, 0.4) is 0 Å². The minimum Gasteiger partial charge on any atom is -0.0853 e. The topological polar surface area (TPSA) is 0 Å². The molecule has 0 saturated heterocycles. The summed E-state index contributed by atoms with van der Waals surface area (Å²) >= 11 is 0. The monoisotopic (exact) mass is 196 g/mol. The molecule has 0 aliphatic carbocycles. The number of rotatable bonds is 5. The predicted molar refractivity (Wildman–Crippen MR) is 66.4 cm³/mol. The quantitative estimate of drug-likeness (QED) is 0.540. The van der Waals surface area contributed by atoms with Crippen LogP contribution in [-0.4, -0.2) is 0 Å². The first-order valence-corrected chi connectivity index (χ1v) is 5.94. The lowest BCUT2D eigenvalue weighted by Crippen LogP contribution is -2.27. The van der Waals surface area contributed by atoms with Crippen molar-refractivity contribution >= 4 is 0 Å². The average molecular weight is 196 g/mol. The summed E-state index contributed by atoms with van der Waals surface area (Å²) in [5.74, 6) is 1.62. The lowest BCUT2D eigenvalue weighted by Gasteiger charge is -2.36. The van der Waals surface area contributed by atoms with Crippen molar-refractivity contribution in [2.24, 2.45) is 17.3 Å². The fourth-order valence-corrected chi connectivity index (χ4v) is 2.54. The van der Waals surface area contributed by atoms with E-state index in [0.717, 1.165) is 11.8 Å². The van der Waals surface area contributed by atoms with Crippen LogP contribution >= 0.6 is 0 Å². The summed E-state index contributed by atoms with van der Waals surface area (Å²) in [6, 6.07) is 0. The molecule has 0 amide bonds. The molecule has 0 heterocycles. The molecule has 0 saturated carbocycles. The van der Waals surface area contributed by atoms with E-state index in [1.807, 2.05) is 0 Å². The summed E-state index contributed by atoms with van der Waals surface area (Å²) in [4.78, 5) is 0. The summed E-state index contributed by atoms with van der Waals surface area (Å²) < 4.78 is 0. The highest BCUT2D eigenvalue weighted by molar-refractivity contribution is 4.97. The second-order valence-electron chi connectivity index (χ2n) is 5.73. The van der Waals surface area contributed by atoms with Gasteiger partial charge < -0.3 is 0 Å². The molecule has 0 aliphatic heterocycles. The summed E-state index contributed by atoms with van der Waals surface area (Å²) in [5.41, 5.74) is 1.89. The Morgan fingerprint density at radius 3 is 2.00 bits per heavy atom. The van der Waals surface area contributed by atoms with Crippen LogP contribution in [0.1, 0.15) is 61.3 Å². The molecule has 0 fully saturated rings. The SMILES string of the molecule is CCC(C(C)C)C(C)(C)CC=C(C)C. The maximum atomic E-state index is 2.40. The standard InChI is InChI=1S/C14H28/c1-8-13(12(4)5)14(6,7)10-9-11(2)3/h9,12-13H,8,10H2,1-7H3. The largest absolute Gasteiger partial charge is 0.0853 e. The summed E-state index contributed by atoms with van der Waals surface area (Å²) in [6.45, 7) is 16.2. The Morgan fingerprint density at radius 1 is 1.21 bits per heavy atom. The first-order valence-electron chi connectivity index (χ1n) is 5.94. The lowest BCUT2D eigenvalue weighted by molar-refractivity contribution is 0.153. The molecule has 0 N–H and O–H groups in total. The molecule has 0 aliphatic rings. The van der Waals surface area contributed by atoms with E-state index < -0.39 is 0 Å². The van der Waals surface area contributed by atoms with Crippen LogP contribution in [0.15, 0.2) is 11.6 Å². The number of allylic oxidation sites excluding steroid dienone is 2. The molecular weight excluding hydrogens is 168 g/mol. The Balaban J connectivity index is 4.48. The van der Waals surface area contributed by atoms with Crippen LogP contribution in [0.2, 0.25) is 0 Å². The van der Waals surface area contributed by atoms with Crippen molar-refractivity contribution in [3.8, 4) is 0 Å². The van der Waals surface area contributed by atoms with Crippen LogP contribution in [0, 0.1) is 17.3 Å². The van der Waals surface area contributed by atoms with Crippen molar-refractivity contribution in [3.05, 3.63) is 11.6 Å². The van der Waals surface area contributed by atoms with Gasteiger partial charge in [0.1, 0.15) is 0 Å². The van der Waals surface area contributed by atoms with Crippen LogP contribution < -0.4 is 0 Å². The third kappa shape index (κ3) is 4.30. The molecule has 0 aromatic rings. The van der Waals surface area contributed by atoms with Gasteiger partial charge in [0.05, 0.1) is 0 Å². The van der Waals surface area contributed by atoms with Crippen LogP contribution in [0.25, 0.3) is 0 Å². The van der Waals surface area contributed by atoms with E-state index in [1.54, 1.807) is 0 Å². The van der Waals surface area contributed by atoms with Gasteiger partial charge in [-0.05, 0) is 37.5 Å². The van der Waals surface area contributed by atoms with E-state index in [4.69, 9.17) is 0 Å². The van der Waals surface area contributed by atoms with E-state index in [9.17, 15) is 0 Å². The molecule has 0 spiro atoms. The predicted octanol–water partition coefficient (Wildman–Crippen LogP) is 5.05. The highest BCUT2D eigenvalue weighted by Gasteiger charge is 2.29. The Hall–Kier alpha value is -0.260. The minimum absolute atomic E-state index is 0.445. The van der Waals surface area contributed by atoms with Gasteiger partial charge in [-0.3, -0.25) is 0 Å². The molecule has 14 heavy (non-hydrogen) atoms. The molecule has 0 bridgehead atoms. The molecular formula is C14H28. The average Bonchev–Trinajstić information content (AvgIpc) is 2.01. The van der Waals surface area contributed by atoms with Crippen molar-refractivity contribution in [1.82, 2.24) is 0 Å². The first kappa shape index (κ1) is 13.7. The minimum atomic E-state index is 0.445. The van der Waals surface area contributed by atoms with Gasteiger partial charge in [-0.2, -0.15) is 0 Å². The summed E-state index contributed by atoms with van der Waals surface area (Å²) in [6.07, 6.45) is 4.89. The maximum absolute atomic E-state index is 2.40. The van der Waals surface area contributed by atoms with Crippen LogP contribution in [0.5, 0.6) is 0 Å². The molecule has 0 rings (SSSR count). The fourth-order valence-electron chi connectivity index (χ4n) is 2.54. The molecule has 0 heteroatoms. The number of hydrogen-bond donors (Lipinski definition) is 0. The van der Waals surface area contributed by atoms with Crippen molar-refractivity contribution in [3.63, 3.8) is 0 Å². The van der Waals surface area contributed by atoms with E-state index in [0.29, 0.717) is 5.41 Å². The smallest absolute Gasteiger partial charge is 0.0289 e. The van der Waals surface area contributed by atoms with Crippen LogP contribution in [-0.2, 0) is 0 Å². The molecule has 0 aromatic heterocycles. The van der Waals surface area contributed by atoms with Gasteiger partial charge in [0.25, 0.3) is 0 Å². The highest BCUT2D eigenvalue weighted by Crippen LogP contribution is 2.38. The zero-order valence-corrected chi connectivity index (χ0v) is 11.1. The van der Waals surface area contributed by atoms with E-state index in [1.165, 1.54) is 18.4 Å². The number of hydrogen-bond acceptors (Lipinski definition) is 0. The Morgan fingerprint density at radius 2 is 1.71 bits per heavy atom. The summed E-state index contributed by atoms with van der Waals surface area (Å²) in [7, 11) is 0. The lowest BCUT2D eigenvalue weighted by atomic mass is 9.69. The Kier molecular flexibility index (Phi) is 5.48. The van der Waals surface area contributed by atoms with Gasteiger partial charge in [0.2, 0.25) is 0 Å². The van der Waals surface area contributed by atoms with Gasteiger partial charge in [-0.1, -0.05) is 52.7 Å². The maximum Gasteiger partial charge on any atom is -0.0289 e. The zero-order valence-electron chi connectivity index (χ0n) is 11.1. The fraction of sp³-hybridized carbons (Fsp3) is 0.857. The van der Waals surface area contributed by atoms with Gasteiger partial charge in [0, 0.05) is 0 Å². The molecule has 0 aromatic carbocycles. The molecule has 0 radical (unpaired) electrons. The van der Waals surface area contributed by atoms with E-state index in [2.05, 4.69) is 54.5 Å². The van der Waals surface area contributed by atoms with Gasteiger partial charge >= 0.3 is 0 Å². The normalized spacial score (nSPS) is 14.3. The third-order valence-corrected chi connectivity index (χ3v) is 3.28. The third-order valence-electron chi connectivity index (χ3n) is 3.28. The molecule has 1 atom stereocenters. The van der Waals surface area contributed by atoms with Crippen molar-refractivity contribution in [1.29, 1.82) is 0 Å². The first-order chi connectivity index (χ1) is 6.31. The highest BCUT2D eigenvalue weighted by atomic mass is 14.3. The Labute approximate surface area is 90.8 Å². The van der Waals surface area contributed by atoms with E-state index in [-0.39, 0.29) is 0 Å². The van der Waals surface area contributed by atoms with Crippen LogP contribution in [0.4, 0.5) is 0 Å². The zero-order chi connectivity index (χ0) is 11.4. The Bertz CT molecular complexity index is 180.